The Kier molecular flexibility index (Phi) is 4.88. The minimum absolute atomic E-state index is 0.0358. The average molecular weight is 309 g/mol. The number of hydrogen-bond acceptors (Lipinski definition) is 3. The molecule has 0 bridgehead atoms. The van der Waals surface area contributed by atoms with Gasteiger partial charge in [0.25, 0.3) is 5.69 Å². The van der Waals surface area contributed by atoms with Crippen LogP contribution in [0.2, 0.25) is 5.02 Å². The Bertz CT molecular complexity index is 647. The maximum atomic E-state index is 14.1. The summed E-state index contributed by atoms with van der Waals surface area (Å²) in [5.41, 5.74) is 1.39. The van der Waals surface area contributed by atoms with Gasteiger partial charge in [0.1, 0.15) is 5.82 Å². The Morgan fingerprint density at radius 1 is 1.29 bits per heavy atom. The molecule has 1 unspecified atom stereocenters. The van der Waals surface area contributed by atoms with Crippen molar-refractivity contribution in [3.05, 3.63) is 74.5 Å². The van der Waals surface area contributed by atoms with E-state index in [-0.39, 0.29) is 16.8 Å². The Hall–Kier alpha value is -1.98. The number of nitro benzene ring substituents is 1. The number of benzene rings is 2. The highest BCUT2D eigenvalue weighted by molar-refractivity contribution is 6.30. The van der Waals surface area contributed by atoms with Gasteiger partial charge in [0.2, 0.25) is 0 Å². The number of likely N-dealkylation sites (N-methyl/N-ethyl adjacent to an activating group) is 1. The number of hydrogen-bond donors (Lipinski definition) is 1. The van der Waals surface area contributed by atoms with Crippen LogP contribution < -0.4 is 5.32 Å². The van der Waals surface area contributed by atoms with Gasteiger partial charge in [-0.05, 0) is 25.1 Å². The van der Waals surface area contributed by atoms with Crippen LogP contribution in [-0.2, 0) is 6.42 Å². The van der Waals surface area contributed by atoms with E-state index in [0.717, 1.165) is 5.56 Å². The van der Waals surface area contributed by atoms with E-state index in [1.807, 2.05) is 0 Å². The van der Waals surface area contributed by atoms with E-state index in [4.69, 9.17) is 11.6 Å². The third-order valence-electron chi connectivity index (χ3n) is 3.29. The van der Waals surface area contributed by atoms with Crippen molar-refractivity contribution in [2.75, 3.05) is 7.05 Å². The zero-order valence-electron chi connectivity index (χ0n) is 11.3. The van der Waals surface area contributed by atoms with Crippen molar-refractivity contribution >= 4 is 17.3 Å². The van der Waals surface area contributed by atoms with E-state index in [9.17, 15) is 14.5 Å². The molecule has 0 fully saturated rings. The molecule has 0 radical (unpaired) electrons. The molecule has 110 valence electrons. The predicted molar refractivity (Wildman–Crippen MR) is 80.0 cm³/mol. The summed E-state index contributed by atoms with van der Waals surface area (Å²) in [7, 11) is 1.73. The average Bonchev–Trinajstić information content (AvgIpc) is 2.48. The lowest BCUT2D eigenvalue weighted by Gasteiger charge is -2.18. The number of rotatable bonds is 5. The number of nitrogens with zero attached hydrogens (tertiary/aromatic N) is 1. The zero-order valence-corrected chi connectivity index (χ0v) is 12.1. The SMILES string of the molecule is CNC(Cc1ccc([N+](=O)[O-])cc1)c1cccc(Cl)c1F. The molecule has 0 saturated heterocycles. The van der Waals surface area contributed by atoms with E-state index in [1.165, 1.54) is 18.2 Å². The molecule has 21 heavy (non-hydrogen) atoms. The van der Waals surface area contributed by atoms with Gasteiger partial charge in [-0.15, -0.1) is 0 Å². The normalized spacial score (nSPS) is 12.1. The molecule has 6 heteroatoms. The fourth-order valence-electron chi connectivity index (χ4n) is 2.15. The Balaban J connectivity index is 2.23. The Morgan fingerprint density at radius 2 is 1.95 bits per heavy atom. The standard InChI is InChI=1S/C15H14ClFN2O2/c1-18-14(12-3-2-4-13(16)15(12)17)9-10-5-7-11(8-6-10)19(20)21/h2-8,14,18H,9H2,1H3. The molecular weight excluding hydrogens is 295 g/mol. The fourth-order valence-corrected chi connectivity index (χ4v) is 2.33. The van der Waals surface area contributed by atoms with E-state index < -0.39 is 10.7 Å². The highest BCUT2D eigenvalue weighted by Crippen LogP contribution is 2.26. The van der Waals surface area contributed by atoms with Gasteiger partial charge in [-0.1, -0.05) is 35.9 Å². The molecule has 2 rings (SSSR count). The van der Waals surface area contributed by atoms with Crippen LogP contribution in [0.3, 0.4) is 0 Å². The van der Waals surface area contributed by atoms with Crippen LogP contribution >= 0.6 is 11.6 Å². The van der Waals surface area contributed by atoms with Crippen molar-refractivity contribution in [2.24, 2.45) is 0 Å². The van der Waals surface area contributed by atoms with E-state index in [0.29, 0.717) is 12.0 Å². The maximum absolute atomic E-state index is 14.1. The molecule has 2 aromatic rings. The summed E-state index contributed by atoms with van der Waals surface area (Å²) in [6, 6.07) is 10.8. The lowest BCUT2D eigenvalue weighted by Crippen LogP contribution is -2.20. The maximum Gasteiger partial charge on any atom is 0.269 e. The minimum atomic E-state index is -0.448. The van der Waals surface area contributed by atoms with Gasteiger partial charge in [-0.3, -0.25) is 10.1 Å². The summed E-state index contributed by atoms with van der Waals surface area (Å²) in [5, 5.41) is 13.7. The molecule has 0 spiro atoms. The zero-order chi connectivity index (χ0) is 15.4. The second-order valence-electron chi connectivity index (χ2n) is 4.61. The van der Waals surface area contributed by atoms with Crippen LogP contribution in [0.5, 0.6) is 0 Å². The number of nitro groups is 1. The summed E-state index contributed by atoms with van der Waals surface area (Å²) in [4.78, 5) is 10.2. The van der Waals surface area contributed by atoms with Crippen molar-refractivity contribution in [3.63, 3.8) is 0 Å². The summed E-state index contributed by atoms with van der Waals surface area (Å²) in [6.07, 6.45) is 0.506. The molecule has 0 aliphatic rings. The van der Waals surface area contributed by atoms with E-state index >= 15 is 0 Å². The molecule has 0 amide bonds. The monoisotopic (exact) mass is 308 g/mol. The smallest absolute Gasteiger partial charge is 0.269 e. The van der Waals surface area contributed by atoms with Crippen molar-refractivity contribution in [1.82, 2.24) is 5.32 Å². The molecule has 0 heterocycles. The molecule has 0 aliphatic carbocycles. The molecular formula is C15H14ClFN2O2. The second kappa shape index (κ2) is 6.65. The molecule has 0 saturated carbocycles. The van der Waals surface area contributed by atoms with Gasteiger partial charge in [-0.2, -0.15) is 0 Å². The Labute approximate surface area is 126 Å². The minimum Gasteiger partial charge on any atom is -0.313 e. The second-order valence-corrected chi connectivity index (χ2v) is 5.02. The molecule has 1 N–H and O–H groups in total. The van der Waals surface area contributed by atoms with Gasteiger partial charge in [0, 0.05) is 23.7 Å². The first-order valence-corrected chi connectivity index (χ1v) is 6.75. The first kappa shape index (κ1) is 15.4. The molecule has 4 nitrogen and oxygen atoms in total. The highest BCUT2D eigenvalue weighted by Gasteiger charge is 2.17. The molecule has 1 atom stereocenters. The van der Waals surface area contributed by atoms with Gasteiger partial charge in [-0.25, -0.2) is 4.39 Å². The van der Waals surface area contributed by atoms with Crippen LogP contribution in [0.15, 0.2) is 42.5 Å². The van der Waals surface area contributed by atoms with Crippen LogP contribution in [0.4, 0.5) is 10.1 Å². The fraction of sp³-hybridized carbons (Fsp3) is 0.200. The third kappa shape index (κ3) is 3.56. The number of non-ortho nitro benzene ring substituents is 1. The third-order valence-corrected chi connectivity index (χ3v) is 3.58. The van der Waals surface area contributed by atoms with Gasteiger partial charge < -0.3 is 5.32 Å². The largest absolute Gasteiger partial charge is 0.313 e. The summed E-state index contributed by atoms with van der Waals surface area (Å²) < 4.78 is 14.1. The van der Waals surface area contributed by atoms with E-state index in [2.05, 4.69) is 5.32 Å². The first-order chi connectivity index (χ1) is 10.0. The quantitative estimate of drug-likeness (QED) is 0.673. The van der Waals surface area contributed by atoms with Crippen LogP contribution in [-0.4, -0.2) is 12.0 Å². The molecule has 0 aromatic heterocycles. The molecule has 2 aromatic carbocycles. The Morgan fingerprint density at radius 3 is 2.52 bits per heavy atom. The predicted octanol–water partition coefficient (Wildman–Crippen LogP) is 3.89. The molecule has 0 aliphatic heterocycles. The van der Waals surface area contributed by atoms with Crippen LogP contribution in [0.1, 0.15) is 17.2 Å². The summed E-state index contributed by atoms with van der Waals surface area (Å²) in [6.45, 7) is 0. The van der Waals surface area contributed by atoms with Crippen molar-refractivity contribution in [2.45, 2.75) is 12.5 Å². The lowest BCUT2D eigenvalue weighted by molar-refractivity contribution is -0.384. The van der Waals surface area contributed by atoms with Crippen LogP contribution in [0, 0.1) is 15.9 Å². The number of halogens is 2. The van der Waals surface area contributed by atoms with Crippen molar-refractivity contribution in [1.29, 1.82) is 0 Å². The first-order valence-electron chi connectivity index (χ1n) is 6.37. The van der Waals surface area contributed by atoms with Crippen molar-refractivity contribution < 1.29 is 9.31 Å². The summed E-state index contributed by atoms with van der Waals surface area (Å²) >= 11 is 5.80. The van der Waals surface area contributed by atoms with Gasteiger partial charge >= 0.3 is 0 Å². The van der Waals surface area contributed by atoms with Gasteiger partial charge in [0.15, 0.2) is 0 Å². The van der Waals surface area contributed by atoms with Gasteiger partial charge in [0.05, 0.1) is 9.95 Å². The van der Waals surface area contributed by atoms with Crippen LogP contribution in [0.25, 0.3) is 0 Å². The highest BCUT2D eigenvalue weighted by atomic mass is 35.5. The topological polar surface area (TPSA) is 55.2 Å². The van der Waals surface area contributed by atoms with Crippen molar-refractivity contribution in [3.8, 4) is 0 Å². The summed E-state index contributed by atoms with van der Waals surface area (Å²) in [5.74, 6) is -0.444. The number of nitrogens with one attached hydrogen (secondary N) is 1. The lowest BCUT2D eigenvalue weighted by atomic mass is 9.98. The van der Waals surface area contributed by atoms with E-state index in [1.54, 1.807) is 31.3 Å².